The molecular formula is C25H31N3O4S. The smallest absolute Gasteiger partial charge is 0.243 e. The predicted octanol–water partition coefficient (Wildman–Crippen LogP) is 4.09. The summed E-state index contributed by atoms with van der Waals surface area (Å²) in [6.45, 7) is 3.49. The van der Waals surface area contributed by atoms with Gasteiger partial charge in [0.15, 0.2) is 0 Å². The molecule has 1 aliphatic heterocycles. The van der Waals surface area contributed by atoms with E-state index < -0.39 is 16.1 Å². The minimum atomic E-state index is -3.50. The molecule has 0 spiro atoms. The number of rotatable bonds is 8. The number of carbonyl (C=O) groups excluding carboxylic acids is 1. The van der Waals surface area contributed by atoms with Gasteiger partial charge in [0.25, 0.3) is 0 Å². The fraction of sp³-hybridized carbons (Fsp3) is 0.400. The molecule has 1 fully saturated rings. The predicted molar refractivity (Wildman–Crippen MR) is 129 cm³/mol. The van der Waals surface area contributed by atoms with Crippen LogP contribution in [-0.2, 0) is 21.4 Å². The van der Waals surface area contributed by atoms with Gasteiger partial charge in [0.05, 0.1) is 12.0 Å². The zero-order valence-corrected chi connectivity index (χ0v) is 20.0. The Hall–Kier alpha value is -2.84. The normalized spacial score (nSPS) is 15.9. The molecular weight excluding hydrogens is 438 g/mol. The number of benzene rings is 2. The number of nitrogens with zero attached hydrogens (tertiary/aromatic N) is 2. The quantitative estimate of drug-likeness (QED) is 0.539. The van der Waals surface area contributed by atoms with Gasteiger partial charge in [-0.25, -0.2) is 8.42 Å². The van der Waals surface area contributed by atoms with Crippen LogP contribution in [0, 0.1) is 0 Å². The molecule has 33 heavy (non-hydrogen) atoms. The van der Waals surface area contributed by atoms with E-state index in [0.717, 1.165) is 41.5 Å². The van der Waals surface area contributed by atoms with Crippen LogP contribution in [-0.4, -0.2) is 43.4 Å². The fourth-order valence-corrected chi connectivity index (χ4v) is 6.04. The van der Waals surface area contributed by atoms with Crippen LogP contribution in [0.4, 0.5) is 0 Å². The van der Waals surface area contributed by atoms with E-state index in [9.17, 15) is 13.2 Å². The first-order valence-electron chi connectivity index (χ1n) is 11.5. The summed E-state index contributed by atoms with van der Waals surface area (Å²) in [4.78, 5) is 13.4. The molecule has 176 valence electrons. The van der Waals surface area contributed by atoms with Gasteiger partial charge in [-0.05, 0) is 49.6 Å². The Bertz CT molecular complexity index is 1230. The van der Waals surface area contributed by atoms with E-state index in [1.165, 1.54) is 0 Å². The highest BCUT2D eigenvalue weighted by atomic mass is 32.2. The number of para-hydroxylation sites is 1. The molecule has 2 heterocycles. The van der Waals surface area contributed by atoms with Crippen molar-refractivity contribution in [3.63, 3.8) is 0 Å². The van der Waals surface area contributed by atoms with E-state index in [4.69, 9.17) is 4.74 Å². The second kappa shape index (κ2) is 9.97. The van der Waals surface area contributed by atoms with E-state index in [-0.39, 0.29) is 5.91 Å². The SMILES string of the molecule is CC[C@@H](C(=O)NCc1ccccc1OC)n1ccc2cc(S(=O)(=O)N3CCCCC3)ccc21. The van der Waals surface area contributed by atoms with Gasteiger partial charge >= 0.3 is 0 Å². The number of sulfonamides is 1. The molecule has 0 radical (unpaired) electrons. The van der Waals surface area contributed by atoms with E-state index in [1.807, 2.05) is 54.1 Å². The maximum Gasteiger partial charge on any atom is 0.243 e. The fourth-order valence-electron chi connectivity index (χ4n) is 4.49. The van der Waals surface area contributed by atoms with Crippen molar-refractivity contribution in [2.24, 2.45) is 0 Å². The highest BCUT2D eigenvalue weighted by Gasteiger charge is 2.27. The molecule has 4 rings (SSSR count). The van der Waals surface area contributed by atoms with Crippen molar-refractivity contribution in [1.82, 2.24) is 14.2 Å². The number of methoxy groups -OCH3 is 1. The molecule has 7 nitrogen and oxygen atoms in total. The highest BCUT2D eigenvalue weighted by Crippen LogP contribution is 2.28. The van der Waals surface area contributed by atoms with Crippen LogP contribution in [0.1, 0.15) is 44.2 Å². The molecule has 8 heteroatoms. The van der Waals surface area contributed by atoms with E-state index in [1.54, 1.807) is 23.5 Å². The molecule has 0 aliphatic carbocycles. The minimum Gasteiger partial charge on any atom is -0.496 e. The van der Waals surface area contributed by atoms with Crippen molar-refractivity contribution in [3.05, 3.63) is 60.3 Å². The average molecular weight is 470 g/mol. The molecule has 1 aliphatic rings. The third-order valence-electron chi connectivity index (χ3n) is 6.32. The summed E-state index contributed by atoms with van der Waals surface area (Å²) in [6, 6.07) is 14.3. The van der Waals surface area contributed by atoms with Gasteiger partial charge in [0.2, 0.25) is 15.9 Å². The second-order valence-electron chi connectivity index (χ2n) is 8.36. The highest BCUT2D eigenvalue weighted by molar-refractivity contribution is 7.89. The van der Waals surface area contributed by atoms with Crippen molar-refractivity contribution < 1.29 is 17.9 Å². The number of aromatic nitrogens is 1. The van der Waals surface area contributed by atoms with Crippen LogP contribution in [0.3, 0.4) is 0 Å². The minimum absolute atomic E-state index is 0.0917. The molecule has 1 aromatic heterocycles. The number of piperidine rings is 1. The first-order chi connectivity index (χ1) is 16.0. The monoisotopic (exact) mass is 469 g/mol. The van der Waals surface area contributed by atoms with Crippen LogP contribution < -0.4 is 10.1 Å². The van der Waals surface area contributed by atoms with Crippen LogP contribution in [0.5, 0.6) is 5.75 Å². The number of ether oxygens (including phenoxy) is 1. The Morgan fingerprint density at radius 1 is 1.09 bits per heavy atom. The topological polar surface area (TPSA) is 80.6 Å². The van der Waals surface area contributed by atoms with Crippen molar-refractivity contribution >= 4 is 26.8 Å². The van der Waals surface area contributed by atoms with E-state index in [2.05, 4.69) is 5.32 Å². The molecule has 0 unspecified atom stereocenters. The lowest BCUT2D eigenvalue weighted by molar-refractivity contribution is -0.124. The zero-order valence-electron chi connectivity index (χ0n) is 19.2. The Kier molecular flexibility index (Phi) is 7.05. The summed E-state index contributed by atoms with van der Waals surface area (Å²) in [5, 5.41) is 3.82. The molecule has 2 aromatic carbocycles. The molecule has 0 saturated carbocycles. The standard InChI is InChI=1S/C25H31N3O4S/c1-3-22(25(29)26-18-20-9-5-6-10-24(20)32-2)28-16-13-19-17-21(11-12-23(19)28)33(30,31)27-14-7-4-8-15-27/h5-6,9-13,16-17,22H,3-4,7-8,14-15,18H2,1-2H3,(H,26,29)/t22-/m0/s1. The number of carbonyl (C=O) groups is 1. The summed E-state index contributed by atoms with van der Waals surface area (Å²) >= 11 is 0. The van der Waals surface area contributed by atoms with Gasteiger partial charge in [-0.15, -0.1) is 0 Å². The first kappa shape index (κ1) is 23.3. The van der Waals surface area contributed by atoms with Gasteiger partial charge in [-0.2, -0.15) is 4.31 Å². The van der Waals surface area contributed by atoms with Crippen LogP contribution in [0.15, 0.2) is 59.6 Å². The lowest BCUT2D eigenvalue weighted by Crippen LogP contribution is -2.35. The lowest BCUT2D eigenvalue weighted by atomic mass is 10.1. The van der Waals surface area contributed by atoms with Crippen LogP contribution >= 0.6 is 0 Å². The number of nitrogens with one attached hydrogen (secondary N) is 1. The molecule has 1 N–H and O–H groups in total. The Labute approximate surface area is 195 Å². The summed E-state index contributed by atoms with van der Waals surface area (Å²) in [5.41, 5.74) is 1.75. The van der Waals surface area contributed by atoms with Gasteiger partial charge in [0.1, 0.15) is 11.8 Å². The second-order valence-corrected chi connectivity index (χ2v) is 10.3. The zero-order chi connectivity index (χ0) is 23.4. The Morgan fingerprint density at radius 2 is 1.85 bits per heavy atom. The maximum absolute atomic E-state index is 13.1. The van der Waals surface area contributed by atoms with E-state index in [0.29, 0.717) is 31.0 Å². The third kappa shape index (κ3) is 4.77. The van der Waals surface area contributed by atoms with Crippen molar-refractivity contribution in [1.29, 1.82) is 0 Å². The third-order valence-corrected chi connectivity index (χ3v) is 8.21. The van der Waals surface area contributed by atoms with Crippen molar-refractivity contribution in [2.75, 3.05) is 20.2 Å². The number of hydrogen-bond acceptors (Lipinski definition) is 4. The molecule has 1 atom stereocenters. The molecule has 3 aromatic rings. The van der Waals surface area contributed by atoms with Crippen molar-refractivity contribution in [3.8, 4) is 5.75 Å². The van der Waals surface area contributed by atoms with Crippen LogP contribution in [0.2, 0.25) is 0 Å². The average Bonchev–Trinajstić information content (AvgIpc) is 3.27. The Balaban J connectivity index is 1.55. The van der Waals surface area contributed by atoms with Crippen LogP contribution in [0.25, 0.3) is 10.9 Å². The van der Waals surface area contributed by atoms with E-state index >= 15 is 0 Å². The van der Waals surface area contributed by atoms with Crippen molar-refractivity contribution in [2.45, 2.75) is 50.1 Å². The number of fused-ring (bicyclic) bond motifs is 1. The molecule has 0 bridgehead atoms. The Morgan fingerprint density at radius 3 is 2.58 bits per heavy atom. The molecule has 1 amide bonds. The van der Waals surface area contributed by atoms with Gasteiger partial charge < -0.3 is 14.6 Å². The van der Waals surface area contributed by atoms with Gasteiger partial charge in [-0.1, -0.05) is 31.5 Å². The summed E-state index contributed by atoms with van der Waals surface area (Å²) < 4.78 is 35.0. The largest absolute Gasteiger partial charge is 0.496 e. The van der Waals surface area contributed by atoms with Gasteiger partial charge in [0, 0.05) is 42.3 Å². The number of amides is 1. The molecule has 1 saturated heterocycles. The first-order valence-corrected chi connectivity index (χ1v) is 12.9. The number of hydrogen-bond donors (Lipinski definition) is 1. The lowest BCUT2D eigenvalue weighted by Gasteiger charge is -2.26. The summed E-state index contributed by atoms with van der Waals surface area (Å²) in [7, 11) is -1.89. The van der Waals surface area contributed by atoms with Gasteiger partial charge in [-0.3, -0.25) is 4.79 Å². The summed E-state index contributed by atoms with van der Waals surface area (Å²) in [5.74, 6) is 0.644. The summed E-state index contributed by atoms with van der Waals surface area (Å²) in [6.07, 6.45) is 5.35. The maximum atomic E-state index is 13.1.